The summed E-state index contributed by atoms with van der Waals surface area (Å²) in [4.78, 5) is 13.3. The number of pyridine rings is 1. The lowest BCUT2D eigenvalue weighted by Gasteiger charge is -2.08. The predicted molar refractivity (Wildman–Crippen MR) is 120 cm³/mol. The Balaban J connectivity index is 1.57. The highest BCUT2D eigenvalue weighted by Gasteiger charge is 2.20. The smallest absolute Gasteiger partial charge is 0.285 e. The van der Waals surface area contributed by atoms with Crippen molar-refractivity contribution in [3.63, 3.8) is 0 Å². The Morgan fingerprint density at radius 3 is 2.78 bits per heavy atom. The second-order valence-electron chi connectivity index (χ2n) is 7.38. The van der Waals surface area contributed by atoms with Gasteiger partial charge in [0.1, 0.15) is 5.52 Å². The third-order valence-electron chi connectivity index (χ3n) is 5.53. The first-order valence-corrected chi connectivity index (χ1v) is 10.5. The third kappa shape index (κ3) is 2.76. The lowest BCUT2D eigenvalue weighted by molar-refractivity contribution is 0.174. The monoisotopic (exact) mass is 445 g/mol. The van der Waals surface area contributed by atoms with E-state index in [1.54, 1.807) is 28.9 Å². The Morgan fingerprint density at radius 2 is 1.94 bits per heavy atom. The van der Waals surface area contributed by atoms with E-state index in [0.717, 1.165) is 16.8 Å². The van der Waals surface area contributed by atoms with E-state index in [2.05, 4.69) is 10.2 Å². The summed E-state index contributed by atoms with van der Waals surface area (Å²) in [5.74, 6) is 1.25. The van der Waals surface area contributed by atoms with E-state index in [9.17, 15) is 4.79 Å². The quantitative estimate of drug-likeness (QED) is 0.417. The van der Waals surface area contributed by atoms with Gasteiger partial charge in [0.15, 0.2) is 22.7 Å². The molecule has 0 N–H and O–H groups in total. The zero-order valence-electron chi connectivity index (χ0n) is 16.9. The van der Waals surface area contributed by atoms with Crippen LogP contribution in [0.5, 0.6) is 11.5 Å². The number of ether oxygens (including phenoxy) is 2. The van der Waals surface area contributed by atoms with Gasteiger partial charge in [0, 0.05) is 17.3 Å². The van der Waals surface area contributed by atoms with E-state index in [0.29, 0.717) is 39.8 Å². The van der Waals surface area contributed by atoms with Crippen LogP contribution in [-0.2, 0) is 6.42 Å². The molecule has 0 saturated carbocycles. The molecule has 2 aromatic carbocycles. The van der Waals surface area contributed by atoms with Crippen molar-refractivity contribution in [2.45, 2.75) is 13.3 Å². The Labute approximate surface area is 186 Å². The van der Waals surface area contributed by atoms with Crippen molar-refractivity contribution < 1.29 is 9.47 Å². The molecule has 0 fully saturated rings. The minimum Gasteiger partial charge on any atom is -0.454 e. The van der Waals surface area contributed by atoms with Crippen LogP contribution in [0, 0.1) is 0 Å². The number of aromatic nitrogens is 5. The Hall–Kier alpha value is -3.91. The van der Waals surface area contributed by atoms with Crippen LogP contribution >= 0.6 is 11.6 Å². The first-order chi connectivity index (χ1) is 15.6. The number of fused-ring (bicyclic) bond motifs is 4. The molecule has 5 aromatic rings. The minimum absolute atomic E-state index is 0.170. The van der Waals surface area contributed by atoms with Crippen molar-refractivity contribution in [2.24, 2.45) is 0 Å². The van der Waals surface area contributed by atoms with Crippen LogP contribution in [0.4, 0.5) is 0 Å². The zero-order valence-corrected chi connectivity index (χ0v) is 17.7. The molecule has 0 radical (unpaired) electrons. The molecule has 6 rings (SSSR count). The van der Waals surface area contributed by atoms with Gasteiger partial charge in [0.05, 0.1) is 16.9 Å². The highest BCUT2D eigenvalue weighted by molar-refractivity contribution is 6.30. The Kier molecular flexibility index (Phi) is 4.16. The summed E-state index contributed by atoms with van der Waals surface area (Å²) in [5, 5.41) is 14.0. The van der Waals surface area contributed by atoms with Crippen molar-refractivity contribution in [3.05, 3.63) is 75.8 Å². The van der Waals surface area contributed by atoms with Crippen LogP contribution in [0.25, 0.3) is 33.5 Å². The number of aryl methyl sites for hydroxylation is 1. The summed E-state index contributed by atoms with van der Waals surface area (Å²) in [5.41, 5.74) is 4.37. The molecule has 1 aliphatic rings. The van der Waals surface area contributed by atoms with Crippen LogP contribution in [0.15, 0.2) is 59.5 Å². The molecule has 0 unspecified atom stereocenters. The third-order valence-corrected chi connectivity index (χ3v) is 5.77. The molecule has 32 heavy (non-hydrogen) atoms. The molecule has 4 heterocycles. The number of nitrogens with zero attached hydrogens (tertiary/aromatic N) is 5. The van der Waals surface area contributed by atoms with E-state index in [1.807, 2.05) is 37.3 Å². The van der Waals surface area contributed by atoms with Crippen molar-refractivity contribution in [1.82, 2.24) is 24.4 Å². The molecule has 8 nitrogen and oxygen atoms in total. The van der Waals surface area contributed by atoms with Gasteiger partial charge in [-0.05, 0) is 42.3 Å². The van der Waals surface area contributed by atoms with E-state index >= 15 is 0 Å². The number of hydrogen-bond donors (Lipinski definition) is 0. The van der Waals surface area contributed by atoms with Gasteiger partial charge < -0.3 is 9.47 Å². The molecule has 0 atom stereocenters. The SMILES string of the molecule is CCc1nn2c(nnc3c(=O)n(-c4ccc5c(c4)OCO5)ccc32)c1-c1cccc(Cl)c1. The molecule has 0 amide bonds. The Morgan fingerprint density at radius 1 is 1.06 bits per heavy atom. The number of hydrogen-bond acceptors (Lipinski definition) is 6. The van der Waals surface area contributed by atoms with Crippen LogP contribution in [-0.4, -0.2) is 31.2 Å². The van der Waals surface area contributed by atoms with Gasteiger partial charge in [0.2, 0.25) is 6.79 Å². The van der Waals surface area contributed by atoms with E-state index < -0.39 is 0 Å². The van der Waals surface area contributed by atoms with Gasteiger partial charge in [-0.1, -0.05) is 30.7 Å². The lowest BCUT2D eigenvalue weighted by Crippen LogP contribution is -2.20. The molecule has 0 saturated heterocycles. The molecule has 0 bridgehead atoms. The summed E-state index contributed by atoms with van der Waals surface area (Å²) >= 11 is 6.21. The molecule has 158 valence electrons. The predicted octanol–water partition coefficient (Wildman–Crippen LogP) is 4.04. The average Bonchev–Trinajstić information content (AvgIpc) is 3.43. The highest BCUT2D eigenvalue weighted by atomic mass is 35.5. The number of rotatable bonds is 3. The molecular formula is C23H16ClN5O3. The molecule has 0 spiro atoms. The van der Waals surface area contributed by atoms with Crippen LogP contribution < -0.4 is 15.0 Å². The maximum atomic E-state index is 13.3. The lowest BCUT2D eigenvalue weighted by atomic mass is 10.0. The second-order valence-corrected chi connectivity index (χ2v) is 7.82. The summed E-state index contributed by atoms with van der Waals surface area (Å²) in [6, 6.07) is 14.7. The van der Waals surface area contributed by atoms with E-state index in [1.165, 1.54) is 4.57 Å². The normalized spacial score (nSPS) is 12.7. The van der Waals surface area contributed by atoms with Crippen LogP contribution in [0.1, 0.15) is 12.6 Å². The first-order valence-electron chi connectivity index (χ1n) is 10.1. The molecule has 1 aliphatic heterocycles. The van der Waals surface area contributed by atoms with Crippen molar-refractivity contribution >= 4 is 28.3 Å². The average molecular weight is 446 g/mol. The van der Waals surface area contributed by atoms with E-state index in [4.69, 9.17) is 26.2 Å². The van der Waals surface area contributed by atoms with E-state index in [-0.39, 0.29) is 17.9 Å². The summed E-state index contributed by atoms with van der Waals surface area (Å²) in [6.07, 6.45) is 2.40. The van der Waals surface area contributed by atoms with Gasteiger partial charge in [-0.2, -0.15) is 5.10 Å². The molecule has 9 heteroatoms. The summed E-state index contributed by atoms with van der Waals surface area (Å²) in [7, 11) is 0. The molecule has 0 aliphatic carbocycles. The van der Waals surface area contributed by atoms with Crippen molar-refractivity contribution in [2.75, 3.05) is 6.79 Å². The van der Waals surface area contributed by atoms with Gasteiger partial charge in [-0.25, -0.2) is 4.52 Å². The summed E-state index contributed by atoms with van der Waals surface area (Å²) < 4.78 is 14.0. The van der Waals surface area contributed by atoms with Gasteiger partial charge in [-0.15, -0.1) is 10.2 Å². The summed E-state index contributed by atoms with van der Waals surface area (Å²) in [6.45, 7) is 2.20. The molecular weight excluding hydrogens is 430 g/mol. The minimum atomic E-state index is -0.298. The van der Waals surface area contributed by atoms with Gasteiger partial charge >= 0.3 is 0 Å². The maximum Gasteiger partial charge on any atom is 0.285 e. The fraction of sp³-hybridized carbons (Fsp3) is 0.130. The fourth-order valence-electron chi connectivity index (χ4n) is 4.02. The highest BCUT2D eigenvalue weighted by Crippen LogP contribution is 2.34. The molecule has 3 aromatic heterocycles. The van der Waals surface area contributed by atoms with Crippen molar-refractivity contribution in [3.8, 4) is 28.3 Å². The zero-order chi connectivity index (χ0) is 21.8. The fourth-order valence-corrected chi connectivity index (χ4v) is 4.21. The first kappa shape index (κ1) is 18.8. The number of halogens is 1. The standard InChI is InChI=1S/C23H16ClN5O3/c1-2-16-20(13-4-3-5-14(24)10-13)22-26-25-21-17(29(22)27-16)8-9-28(23(21)30)15-6-7-18-19(11-15)32-12-31-18/h3-11H,2,12H2,1H3. The number of benzene rings is 2. The maximum absolute atomic E-state index is 13.3. The largest absolute Gasteiger partial charge is 0.454 e. The van der Waals surface area contributed by atoms with Crippen molar-refractivity contribution in [1.29, 1.82) is 0 Å². The van der Waals surface area contributed by atoms with Crippen LogP contribution in [0.3, 0.4) is 0 Å². The van der Waals surface area contributed by atoms with Gasteiger partial charge in [-0.3, -0.25) is 9.36 Å². The topological polar surface area (TPSA) is 83.5 Å². The Bertz CT molecular complexity index is 1590. The van der Waals surface area contributed by atoms with Crippen LogP contribution in [0.2, 0.25) is 5.02 Å². The van der Waals surface area contributed by atoms with Gasteiger partial charge in [0.25, 0.3) is 5.56 Å². The second kappa shape index (κ2) is 7.06.